The quantitative estimate of drug-likeness (QED) is 0.478. The van der Waals surface area contributed by atoms with Gasteiger partial charge in [0.25, 0.3) is 5.91 Å². The lowest BCUT2D eigenvalue weighted by atomic mass is 9.73. The molecule has 3 aromatic rings. The Morgan fingerprint density at radius 3 is 2.62 bits per heavy atom. The number of nitrogens with zero attached hydrogens (tertiary/aromatic N) is 5. The highest BCUT2D eigenvalue weighted by molar-refractivity contribution is 5.93. The summed E-state index contributed by atoms with van der Waals surface area (Å²) in [4.78, 5) is 42.1. The van der Waals surface area contributed by atoms with E-state index in [4.69, 9.17) is 4.74 Å². The van der Waals surface area contributed by atoms with Gasteiger partial charge < -0.3 is 24.8 Å². The van der Waals surface area contributed by atoms with Crippen LogP contribution < -0.4 is 15.0 Å². The summed E-state index contributed by atoms with van der Waals surface area (Å²) in [5.74, 6) is 1.56. The number of amides is 3. The molecule has 3 aliphatic heterocycles. The number of fused-ring (bicyclic) bond motifs is 3. The molecular weight excluding hydrogens is 528 g/mol. The molecule has 1 saturated heterocycles. The minimum Gasteiger partial charge on any atom is -0.497 e. The maximum atomic E-state index is 13.8. The first-order valence-electron chi connectivity index (χ1n) is 15.2. The van der Waals surface area contributed by atoms with Crippen LogP contribution in [0.15, 0.2) is 54.9 Å². The Labute approximate surface area is 246 Å². The summed E-state index contributed by atoms with van der Waals surface area (Å²) in [5, 5.41) is 3.09. The molecule has 1 aromatic heterocycles. The van der Waals surface area contributed by atoms with Gasteiger partial charge in [-0.05, 0) is 67.0 Å². The van der Waals surface area contributed by atoms with Gasteiger partial charge in [-0.25, -0.2) is 14.8 Å². The van der Waals surface area contributed by atoms with Gasteiger partial charge in [-0.3, -0.25) is 4.79 Å². The first kappa shape index (κ1) is 26.7. The zero-order valence-corrected chi connectivity index (χ0v) is 24.2. The van der Waals surface area contributed by atoms with Crippen molar-refractivity contribution >= 4 is 23.4 Å². The number of rotatable bonds is 4. The lowest BCUT2D eigenvalue weighted by Gasteiger charge is -2.42. The second kappa shape index (κ2) is 10.9. The minimum absolute atomic E-state index is 0.0215. The fraction of sp³-hybridized carbons (Fsp3) is 0.455. The molecule has 1 aliphatic carbocycles. The van der Waals surface area contributed by atoms with Crippen LogP contribution in [0.5, 0.6) is 5.75 Å². The van der Waals surface area contributed by atoms with Crippen molar-refractivity contribution in [2.45, 2.75) is 62.9 Å². The smallest absolute Gasteiger partial charge is 0.322 e. The lowest BCUT2D eigenvalue weighted by molar-refractivity contribution is 0.0664. The third kappa shape index (κ3) is 4.84. The SMILES string of the molecule is COc1ccc2c(c1)CCN(C1CCN(c3cc(C(=O)N4Cc5ccccc5C5(CCCC5)C4)ncn3)CC1)C(=O)N2. The van der Waals surface area contributed by atoms with Crippen LogP contribution in [0.2, 0.25) is 0 Å². The van der Waals surface area contributed by atoms with E-state index >= 15 is 0 Å². The molecule has 3 amide bonds. The molecular formula is C33H38N6O3. The molecule has 0 bridgehead atoms. The molecule has 4 aliphatic rings. The molecule has 9 nitrogen and oxygen atoms in total. The Morgan fingerprint density at radius 1 is 1.00 bits per heavy atom. The molecule has 2 fully saturated rings. The Kier molecular flexibility index (Phi) is 6.96. The zero-order valence-electron chi connectivity index (χ0n) is 24.2. The molecule has 218 valence electrons. The molecule has 9 heteroatoms. The average molecular weight is 567 g/mol. The van der Waals surface area contributed by atoms with Gasteiger partial charge in [-0.1, -0.05) is 37.1 Å². The molecule has 0 atom stereocenters. The number of hydrogen-bond acceptors (Lipinski definition) is 6. The fourth-order valence-corrected chi connectivity index (χ4v) is 7.62. The van der Waals surface area contributed by atoms with Gasteiger partial charge in [0.1, 0.15) is 23.6 Å². The summed E-state index contributed by atoms with van der Waals surface area (Å²) in [6, 6.07) is 16.4. The van der Waals surface area contributed by atoms with Gasteiger partial charge >= 0.3 is 6.03 Å². The van der Waals surface area contributed by atoms with Crippen LogP contribution in [0.1, 0.15) is 65.7 Å². The average Bonchev–Trinajstić information content (AvgIpc) is 3.43. The van der Waals surface area contributed by atoms with Crippen molar-refractivity contribution in [1.29, 1.82) is 0 Å². The first-order valence-corrected chi connectivity index (χ1v) is 15.2. The number of ether oxygens (including phenoxy) is 1. The molecule has 1 spiro atoms. The number of urea groups is 1. The van der Waals surface area contributed by atoms with E-state index in [1.54, 1.807) is 7.11 Å². The van der Waals surface area contributed by atoms with Crippen molar-refractivity contribution in [1.82, 2.24) is 19.8 Å². The van der Waals surface area contributed by atoms with Gasteiger partial charge in [-0.15, -0.1) is 0 Å². The van der Waals surface area contributed by atoms with Gasteiger partial charge in [-0.2, -0.15) is 0 Å². The summed E-state index contributed by atoms with van der Waals surface area (Å²) >= 11 is 0. The summed E-state index contributed by atoms with van der Waals surface area (Å²) in [5.41, 5.74) is 5.16. The zero-order chi connectivity index (χ0) is 28.7. The van der Waals surface area contributed by atoms with Crippen LogP contribution in [0.4, 0.5) is 16.3 Å². The maximum absolute atomic E-state index is 13.8. The molecule has 2 aromatic carbocycles. The van der Waals surface area contributed by atoms with Crippen molar-refractivity contribution in [2.24, 2.45) is 0 Å². The summed E-state index contributed by atoms with van der Waals surface area (Å²) < 4.78 is 5.37. The highest BCUT2D eigenvalue weighted by Crippen LogP contribution is 2.46. The van der Waals surface area contributed by atoms with Crippen LogP contribution in [0.25, 0.3) is 0 Å². The van der Waals surface area contributed by atoms with Crippen LogP contribution in [-0.2, 0) is 18.4 Å². The van der Waals surface area contributed by atoms with Gasteiger partial charge in [0.2, 0.25) is 0 Å². The second-order valence-corrected chi connectivity index (χ2v) is 12.2. The number of anilines is 2. The van der Waals surface area contributed by atoms with E-state index < -0.39 is 0 Å². The van der Waals surface area contributed by atoms with Crippen molar-refractivity contribution in [3.63, 3.8) is 0 Å². The third-order valence-corrected chi connectivity index (χ3v) is 9.83. The van der Waals surface area contributed by atoms with Crippen LogP contribution in [0.3, 0.4) is 0 Å². The molecule has 1 saturated carbocycles. The standard InChI is InChI=1S/C33H38N6O3/c1-42-26-8-9-28-23(18-26)10-17-39(32(41)36-28)25-11-15-37(16-12-25)30-19-29(34-22-35-30)31(40)38-20-24-6-2-3-7-27(24)33(21-38)13-4-5-14-33/h2-3,6-9,18-19,22,25H,4-5,10-17,20-21H2,1H3,(H,36,41). The van der Waals surface area contributed by atoms with Crippen LogP contribution in [-0.4, -0.2) is 71.0 Å². The lowest BCUT2D eigenvalue weighted by Crippen LogP contribution is -2.49. The molecule has 0 radical (unpaired) electrons. The molecule has 7 rings (SSSR count). The summed E-state index contributed by atoms with van der Waals surface area (Å²) in [7, 11) is 1.66. The number of aromatic nitrogens is 2. The number of piperidine rings is 1. The topological polar surface area (TPSA) is 90.9 Å². The highest BCUT2D eigenvalue weighted by atomic mass is 16.5. The van der Waals surface area contributed by atoms with Gasteiger partial charge in [0.15, 0.2) is 0 Å². The van der Waals surface area contributed by atoms with Crippen LogP contribution in [0, 0.1) is 0 Å². The minimum atomic E-state index is -0.0459. The molecule has 0 unspecified atom stereocenters. The van der Waals surface area contributed by atoms with E-state index in [2.05, 4.69) is 44.5 Å². The number of carbonyl (C=O) groups excluding carboxylic acids is 2. The van der Waals surface area contributed by atoms with Gasteiger partial charge in [0.05, 0.1) is 7.11 Å². The van der Waals surface area contributed by atoms with Crippen molar-refractivity contribution in [2.75, 3.05) is 43.5 Å². The second-order valence-electron chi connectivity index (χ2n) is 12.2. The Morgan fingerprint density at radius 2 is 1.81 bits per heavy atom. The summed E-state index contributed by atoms with van der Waals surface area (Å²) in [6.07, 6.45) is 8.67. The normalized spacial score (nSPS) is 20.1. The maximum Gasteiger partial charge on any atom is 0.322 e. The van der Waals surface area contributed by atoms with Crippen molar-refractivity contribution < 1.29 is 14.3 Å². The van der Waals surface area contributed by atoms with Crippen molar-refractivity contribution in [3.05, 3.63) is 77.2 Å². The van der Waals surface area contributed by atoms with Gasteiger partial charge in [0, 0.05) is 55.9 Å². The molecule has 4 heterocycles. The number of carbonyl (C=O) groups is 2. The van der Waals surface area contributed by atoms with E-state index in [1.165, 1.54) is 30.3 Å². The molecule has 42 heavy (non-hydrogen) atoms. The predicted octanol–water partition coefficient (Wildman–Crippen LogP) is 5.01. The third-order valence-electron chi connectivity index (χ3n) is 9.83. The Bertz CT molecular complexity index is 1490. The number of benzene rings is 2. The largest absolute Gasteiger partial charge is 0.497 e. The van der Waals surface area contributed by atoms with Crippen molar-refractivity contribution in [3.8, 4) is 5.75 Å². The number of nitrogens with one attached hydrogen (secondary N) is 1. The molecule has 1 N–H and O–H groups in total. The predicted molar refractivity (Wildman–Crippen MR) is 161 cm³/mol. The van der Waals surface area contributed by atoms with E-state index in [0.29, 0.717) is 18.8 Å². The van der Waals surface area contributed by atoms with E-state index in [1.807, 2.05) is 34.1 Å². The van der Waals surface area contributed by atoms with E-state index in [0.717, 1.165) is 74.6 Å². The van der Waals surface area contributed by atoms with E-state index in [9.17, 15) is 9.59 Å². The Hall–Kier alpha value is -4.14. The van der Waals surface area contributed by atoms with Crippen LogP contribution >= 0.6 is 0 Å². The monoisotopic (exact) mass is 566 g/mol. The number of methoxy groups -OCH3 is 1. The van der Waals surface area contributed by atoms with E-state index in [-0.39, 0.29) is 23.4 Å². The highest BCUT2D eigenvalue weighted by Gasteiger charge is 2.43. The fourth-order valence-electron chi connectivity index (χ4n) is 7.62. The first-order chi connectivity index (χ1) is 20.5. The Balaban J connectivity index is 1.02. The summed E-state index contributed by atoms with van der Waals surface area (Å²) in [6.45, 7) is 3.57. The number of hydrogen-bond donors (Lipinski definition) is 1.